The summed E-state index contributed by atoms with van der Waals surface area (Å²) in [5.74, 6) is 0. The predicted molar refractivity (Wildman–Crippen MR) is 71.0 cm³/mol. The second kappa shape index (κ2) is 6.49. The van der Waals surface area contributed by atoms with Crippen LogP contribution in [0.4, 0.5) is 10.5 Å². The number of nitrogens with zero attached hydrogens (tertiary/aromatic N) is 1. The third-order valence-electron chi connectivity index (χ3n) is 3.16. The molecule has 1 heterocycles. The summed E-state index contributed by atoms with van der Waals surface area (Å²) in [5.41, 5.74) is 0.710. The highest BCUT2D eigenvalue weighted by Gasteiger charge is 2.42. The van der Waals surface area contributed by atoms with E-state index in [0.717, 1.165) is 6.42 Å². The average molecular weight is 265 g/mol. The van der Waals surface area contributed by atoms with E-state index in [2.05, 4.69) is 15.6 Å². The van der Waals surface area contributed by atoms with Crippen molar-refractivity contribution < 1.29 is 14.3 Å². The molecule has 2 N–H and O–H groups in total. The van der Waals surface area contributed by atoms with E-state index in [1.165, 1.54) is 0 Å². The van der Waals surface area contributed by atoms with Crippen molar-refractivity contribution in [3.8, 4) is 0 Å². The third kappa shape index (κ3) is 3.42. The fourth-order valence-corrected chi connectivity index (χ4v) is 2.19. The van der Waals surface area contributed by atoms with Gasteiger partial charge in [0.1, 0.15) is 6.10 Å². The summed E-state index contributed by atoms with van der Waals surface area (Å²) in [6, 6.07) is 3.21. The maximum Gasteiger partial charge on any atom is 0.319 e. The Bertz CT molecular complexity index is 413. The van der Waals surface area contributed by atoms with E-state index in [0.29, 0.717) is 12.3 Å². The van der Waals surface area contributed by atoms with Gasteiger partial charge in [-0.3, -0.25) is 4.98 Å². The summed E-state index contributed by atoms with van der Waals surface area (Å²) in [4.78, 5) is 15.7. The Labute approximate surface area is 112 Å². The number of ether oxygens (including phenoxy) is 2. The number of carbonyl (C=O) groups excluding carboxylic acids is 1. The Morgan fingerprint density at radius 3 is 2.84 bits per heavy atom. The molecule has 0 spiro atoms. The van der Waals surface area contributed by atoms with Crippen molar-refractivity contribution in [2.75, 3.05) is 19.0 Å². The van der Waals surface area contributed by atoms with Crippen molar-refractivity contribution in [2.24, 2.45) is 0 Å². The van der Waals surface area contributed by atoms with Crippen molar-refractivity contribution in [2.45, 2.75) is 31.6 Å². The lowest BCUT2D eigenvalue weighted by Crippen LogP contribution is -2.61. The van der Waals surface area contributed by atoms with Crippen LogP contribution < -0.4 is 10.6 Å². The standard InChI is InChI=1S/C13H19N3O3/c1-3-19-11-8-10(12(11)18-2)16-13(17)15-9-4-6-14-7-5-9/h4-7,10-12H,3,8H2,1-2H3,(H2,14,15,16,17)/t10-,11-,12+/m1/s1. The number of nitrogens with one attached hydrogen (secondary N) is 2. The molecule has 0 saturated heterocycles. The highest BCUT2D eigenvalue weighted by atomic mass is 16.5. The number of hydrogen-bond donors (Lipinski definition) is 2. The van der Waals surface area contributed by atoms with Gasteiger partial charge in [-0.2, -0.15) is 0 Å². The number of aromatic nitrogens is 1. The van der Waals surface area contributed by atoms with Crippen molar-refractivity contribution in [1.82, 2.24) is 10.3 Å². The largest absolute Gasteiger partial charge is 0.377 e. The zero-order chi connectivity index (χ0) is 13.7. The second-order valence-corrected chi connectivity index (χ2v) is 4.37. The molecule has 0 radical (unpaired) electrons. The molecule has 3 atom stereocenters. The molecule has 1 saturated carbocycles. The molecule has 6 nitrogen and oxygen atoms in total. The molecule has 1 aromatic rings. The van der Waals surface area contributed by atoms with E-state index in [-0.39, 0.29) is 24.3 Å². The van der Waals surface area contributed by atoms with Gasteiger partial charge < -0.3 is 20.1 Å². The fraction of sp³-hybridized carbons (Fsp3) is 0.538. The Balaban J connectivity index is 1.80. The highest BCUT2D eigenvalue weighted by molar-refractivity contribution is 5.89. The zero-order valence-corrected chi connectivity index (χ0v) is 11.1. The molecule has 104 valence electrons. The van der Waals surface area contributed by atoms with Crippen LogP contribution in [0.3, 0.4) is 0 Å². The molecular formula is C13H19N3O3. The smallest absolute Gasteiger partial charge is 0.319 e. The summed E-state index contributed by atoms with van der Waals surface area (Å²) in [6.45, 7) is 2.60. The van der Waals surface area contributed by atoms with Crippen molar-refractivity contribution in [1.29, 1.82) is 0 Å². The molecule has 19 heavy (non-hydrogen) atoms. The first kappa shape index (κ1) is 13.8. The van der Waals surface area contributed by atoms with Crippen LogP contribution in [-0.4, -0.2) is 43.0 Å². The Morgan fingerprint density at radius 1 is 1.47 bits per heavy atom. The topological polar surface area (TPSA) is 72.5 Å². The van der Waals surface area contributed by atoms with E-state index in [9.17, 15) is 4.79 Å². The minimum atomic E-state index is -0.242. The van der Waals surface area contributed by atoms with Gasteiger partial charge in [-0.05, 0) is 25.5 Å². The van der Waals surface area contributed by atoms with E-state index in [1.54, 1.807) is 31.6 Å². The first-order valence-electron chi connectivity index (χ1n) is 6.36. The van der Waals surface area contributed by atoms with Crippen LogP contribution in [0.2, 0.25) is 0 Å². The van der Waals surface area contributed by atoms with Gasteiger partial charge in [-0.25, -0.2) is 4.79 Å². The molecule has 6 heteroatoms. The maximum absolute atomic E-state index is 11.8. The van der Waals surface area contributed by atoms with Crippen LogP contribution in [0, 0.1) is 0 Å². The normalized spacial score (nSPS) is 25.5. The minimum absolute atomic E-state index is 0.0108. The number of pyridine rings is 1. The minimum Gasteiger partial charge on any atom is -0.377 e. The average Bonchev–Trinajstić information content (AvgIpc) is 2.39. The molecule has 0 aromatic carbocycles. The van der Waals surface area contributed by atoms with Gasteiger partial charge in [0.05, 0.1) is 12.1 Å². The molecule has 0 unspecified atom stereocenters. The Morgan fingerprint density at radius 2 is 2.21 bits per heavy atom. The number of amides is 2. The monoisotopic (exact) mass is 265 g/mol. The van der Waals surface area contributed by atoms with Gasteiger partial charge in [0, 0.05) is 31.8 Å². The van der Waals surface area contributed by atoms with Crippen LogP contribution >= 0.6 is 0 Å². The van der Waals surface area contributed by atoms with E-state index in [1.807, 2.05) is 6.92 Å². The predicted octanol–water partition coefficient (Wildman–Crippen LogP) is 1.40. The summed E-state index contributed by atoms with van der Waals surface area (Å²) < 4.78 is 10.8. The summed E-state index contributed by atoms with van der Waals surface area (Å²) in [5, 5.41) is 5.62. The van der Waals surface area contributed by atoms with E-state index >= 15 is 0 Å². The Hall–Kier alpha value is -1.66. The zero-order valence-electron chi connectivity index (χ0n) is 11.1. The van der Waals surface area contributed by atoms with Gasteiger partial charge in [0.2, 0.25) is 0 Å². The molecular weight excluding hydrogens is 246 g/mol. The van der Waals surface area contributed by atoms with Crippen LogP contribution in [0.15, 0.2) is 24.5 Å². The van der Waals surface area contributed by atoms with E-state index < -0.39 is 0 Å². The molecule has 2 rings (SSSR count). The number of anilines is 1. The first-order valence-corrected chi connectivity index (χ1v) is 6.36. The number of methoxy groups -OCH3 is 1. The lowest BCUT2D eigenvalue weighted by atomic mass is 9.85. The number of hydrogen-bond acceptors (Lipinski definition) is 4. The molecule has 1 fully saturated rings. The van der Waals surface area contributed by atoms with E-state index in [4.69, 9.17) is 9.47 Å². The van der Waals surface area contributed by atoms with Crippen LogP contribution in [-0.2, 0) is 9.47 Å². The summed E-state index contributed by atoms with van der Waals surface area (Å²) in [6.07, 6.45) is 4.02. The molecule has 1 aromatic heterocycles. The van der Waals surface area contributed by atoms with Gasteiger partial charge in [0.25, 0.3) is 0 Å². The SMILES string of the molecule is CCO[C@@H]1C[C@@H](NC(=O)Nc2ccncc2)[C@@H]1OC. The van der Waals surface area contributed by atoms with Gasteiger partial charge in [-0.1, -0.05) is 0 Å². The van der Waals surface area contributed by atoms with Crippen LogP contribution in [0.1, 0.15) is 13.3 Å². The molecule has 0 bridgehead atoms. The molecule has 0 aliphatic heterocycles. The second-order valence-electron chi connectivity index (χ2n) is 4.37. The molecule has 1 aliphatic carbocycles. The van der Waals surface area contributed by atoms with Crippen LogP contribution in [0.25, 0.3) is 0 Å². The van der Waals surface area contributed by atoms with Crippen LogP contribution in [0.5, 0.6) is 0 Å². The third-order valence-corrected chi connectivity index (χ3v) is 3.16. The van der Waals surface area contributed by atoms with Gasteiger partial charge in [-0.15, -0.1) is 0 Å². The van der Waals surface area contributed by atoms with Gasteiger partial charge >= 0.3 is 6.03 Å². The summed E-state index contributed by atoms with van der Waals surface area (Å²) in [7, 11) is 1.63. The molecule has 1 aliphatic rings. The highest BCUT2D eigenvalue weighted by Crippen LogP contribution is 2.26. The van der Waals surface area contributed by atoms with Crippen molar-refractivity contribution >= 4 is 11.7 Å². The number of urea groups is 1. The number of carbonyl (C=O) groups is 1. The fourth-order valence-electron chi connectivity index (χ4n) is 2.19. The summed E-state index contributed by atoms with van der Waals surface area (Å²) >= 11 is 0. The lowest BCUT2D eigenvalue weighted by molar-refractivity contribution is -0.128. The number of rotatable bonds is 5. The molecule has 2 amide bonds. The van der Waals surface area contributed by atoms with Crippen molar-refractivity contribution in [3.63, 3.8) is 0 Å². The Kier molecular flexibility index (Phi) is 4.70. The van der Waals surface area contributed by atoms with Crippen molar-refractivity contribution in [3.05, 3.63) is 24.5 Å². The van der Waals surface area contributed by atoms with Gasteiger partial charge in [0.15, 0.2) is 0 Å². The first-order chi connectivity index (χ1) is 9.24. The maximum atomic E-state index is 11.8. The quantitative estimate of drug-likeness (QED) is 0.844. The lowest BCUT2D eigenvalue weighted by Gasteiger charge is -2.43.